The molecular formula is C15H17N3O. The monoisotopic (exact) mass is 255 g/mol. The van der Waals surface area contributed by atoms with Crippen LogP contribution < -0.4 is 5.73 Å². The number of hydrogen-bond acceptors (Lipinski definition) is 2. The molecule has 2 N–H and O–H groups in total. The summed E-state index contributed by atoms with van der Waals surface area (Å²) >= 11 is 0. The lowest BCUT2D eigenvalue weighted by Crippen LogP contribution is -2.47. The quantitative estimate of drug-likeness (QED) is 0.911. The van der Waals surface area contributed by atoms with Crippen molar-refractivity contribution in [2.24, 2.45) is 12.8 Å². The van der Waals surface area contributed by atoms with Crippen LogP contribution in [0.15, 0.2) is 36.4 Å². The number of nitrogens with zero attached hydrogens (tertiary/aromatic N) is 2. The molecular weight excluding hydrogens is 238 g/mol. The normalized spacial score (nSPS) is 16.9. The maximum Gasteiger partial charge on any atom is 0.229 e. The molecule has 1 amide bonds. The van der Waals surface area contributed by atoms with Crippen LogP contribution in [0.4, 0.5) is 0 Å². The molecule has 2 aromatic rings. The van der Waals surface area contributed by atoms with E-state index in [1.54, 1.807) is 4.68 Å². The summed E-state index contributed by atoms with van der Waals surface area (Å²) in [4.78, 5) is 11.8. The Kier molecular flexibility index (Phi) is 2.66. The Balaban J connectivity index is 2.05. The standard InChI is InChI=1S/C15H17N3O/c1-18-13(15(14(16)19)8-5-9-15)10-12(17-18)11-6-3-2-4-7-11/h2-4,6-7,10H,5,8-9H2,1H3,(H2,16,19). The molecule has 0 unspecified atom stereocenters. The fraction of sp³-hybridized carbons (Fsp3) is 0.333. The highest BCUT2D eigenvalue weighted by molar-refractivity contribution is 5.87. The van der Waals surface area contributed by atoms with E-state index in [2.05, 4.69) is 5.10 Å². The fourth-order valence-electron chi connectivity index (χ4n) is 2.82. The van der Waals surface area contributed by atoms with Gasteiger partial charge in [0.05, 0.1) is 16.8 Å². The van der Waals surface area contributed by atoms with Crippen molar-refractivity contribution >= 4 is 5.91 Å². The second kappa shape index (κ2) is 4.23. The first-order valence-electron chi connectivity index (χ1n) is 6.53. The Hall–Kier alpha value is -2.10. The first-order chi connectivity index (χ1) is 9.13. The number of rotatable bonds is 3. The number of primary amides is 1. The van der Waals surface area contributed by atoms with Gasteiger partial charge in [0, 0.05) is 12.6 Å². The van der Waals surface area contributed by atoms with Gasteiger partial charge in [-0.3, -0.25) is 9.48 Å². The lowest BCUT2D eigenvalue weighted by atomic mass is 9.66. The van der Waals surface area contributed by atoms with Crippen molar-refractivity contribution in [3.8, 4) is 11.3 Å². The van der Waals surface area contributed by atoms with E-state index in [0.29, 0.717) is 0 Å². The van der Waals surface area contributed by atoms with Crippen LogP contribution in [-0.4, -0.2) is 15.7 Å². The molecule has 1 aliphatic rings. The van der Waals surface area contributed by atoms with Crippen molar-refractivity contribution in [3.05, 3.63) is 42.1 Å². The Labute approximate surface area is 112 Å². The van der Waals surface area contributed by atoms with Crippen molar-refractivity contribution in [1.82, 2.24) is 9.78 Å². The SMILES string of the molecule is Cn1nc(-c2ccccc2)cc1C1(C(N)=O)CCC1. The first kappa shape index (κ1) is 12.0. The second-order valence-corrected chi connectivity index (χ2v) is 5.20. The van der Waals surface area contributed by atoms with Crippen LogP contribution in [0.1, 0.15) is 25.0 Å². The third-order valence-electron chi connectivity index (χ3n) is 4.12. The van der Waals surface area contributed by atoms with Gasteiger partial charge in [-0.15, -0.1) is 0 Å². The van der Waals surface area contributed by atoms with E-state index >= 15 is 0 Å². The van der Waals surface area contributed by atoms with E-state index in [4.69, 9.17) is 5.73 Å². The van der Waals surface area contributed by atoms with Crippen LogP contribution in [0.25, 0.3) is 11.3 Å². The molecule has 0 radical (unpaired) electrons. The van der Waals surface area contributed by atoms with Crippen LogP contribution in [0, 0.1) is 0 Å². The molecule has 1 saturated carbocycles. The van der Waals surface area contributed by atoms with E-state index in [0.717, 1.165) is 36.2 Å². The number of aromatic nitrogens is 2. The van der Waals surface area contributed by atoms with E-state index in [9.17, 15) is 4.79 Å². The van der Waals surface area contributed by atoms with Crippen molar-refractivity contribution in [2.75, 3.05) is 0 Å². The van der Waals surface area contributed by atoms with Gasteiger partial charge in [-0.05, 0) is 18.9 Å². The van der Waals surface area contributed by atoms with E-state index < -0.39 is 5.41 Å². The summed E-state index contributed by atoms with van der Waals surface area (Å²) in [7, 11) is 1.88. The third kappa shape index (κ3) is 1.75. The highest BCUT2D eigenvalue weighted by atomic mass is 16.1. The molecule has 1 aromatic carbocycles. The van der Waals surface area contributed by atoms with Crippen LogP contribution in [0.2, 0.25) is 0 Å². The van der Waals surface area contributed by atoms with Gasteiger partial charge >= 0.3 is 0 Å². The van der Waals surface area contributed by atoms with Gasteiger partial charge in [-0.2, -0.15) is 5.10 Å². The summed E-state index contributed by atoms with van der Waals surface area (Å²) in [5.74, 6) is -0.235. The Morgan fingerprint density at radius 2 is 2.00 bits per heavy atom. The maximum atomic E-state index is 11.8. The average molecular weight is 255 g/mol. The highest BCUT2D eigenvalue weighted by Crippen LogP contribution is 2.44. The van der Waals surface area contributed by atoms with Crippen molar-refractivity contribution in [1.29, 1.82) is 0 Å². The smallest absolute Gasteiger partial charge is 0.229 e. The molecule has 0 bridgehead atoms. The minimum atomic E-state index is -0.505. The zero-order valence-corrected chi connectivity index (χ0v) is 11.0. The molecule has 1 fully saturated rings. The maximum absolute atomic E-state index is 11.8. The molecule has 1 aromatic heterocycles. The van der Waals surface area contributed by atoms with Gasteiger partial charge in [-0.1, -0.05) is 36.8 Å². The predicted molar refractivity (Wildman–Crippen MR) is 73.4 cm³/mol. The number of hydrogen-bond donors (Lipinski definition) is 1. The van der Waals surface area contributed by atoms with Crippen molar-refractivity contribution in [3.63, 3.8) is 0 Å². The van der Waals surface area contributed by atoms with Crippen LogP contribution in [0.3, 0.4) is 0 Å². The molecule has 1 heterocycles. The molecule has 4 nitrogen and oxygen atoms in total. The minimum absolute atomic E-state index is 0.235. The Morgan fingerprint density at radius 1 is 1.32 bits per heavy atom. The van der Waals surface area contributed by atoms with E-state index in [1.807, 2.05) is 43.4 Å². The number of nitrogens with two attached hydrogens (primary N) is 1. The van der Waals surface area contributed by atoms with Gasteiger partial charge in [0.2, 0.25) is 5.91 Å². The van der Waals surface area contributed by atoms with Crippen LogP contribution in [0.5, 0.6) is 0 Å². The zero-order valence-electron chi connectivity index (χ0n) is 11.0. The summed E-state index contributed by atoms with van der Waals surface area (Å²) in [5.41, 5.74) is 7.98. The van der Waals surface area contributed by atoms with Gasteiger partial charge in [0.25, 0.3) is 0 Å². The third-order valence-corrected chi connectivity index (χ3v) is 4.12. The molecule has 0 atom stereocenters. The number of amides is 1. The Bertz CT molecular complexity index is 612. The zero-order chi connectivity index (χ0) is 13.5. The van der Waals surface area contributed by atoms with Crippen molar-refractivity contribution < 1.29 is 4.79 Å². The second-order valence-electron chi connectivity index (χ2n) is 5.20. The van der Waals surface area contributed by atoms with Gasteiger partial charge in [0.1, 0.15) is 0 Å². The lowest BCUT2D eigenvalue weighted by molar-refractivity contribution is -0.126. The lowest BCUT2D eigenvalue weighted by Gasteiger charge is -2.38. The predicted octanol–water partition coefficient (Wildman–Crippen LogP) is 1.99. The summed E-state index contributed by atoms with van der Waals surface area (Å²) in [5, 5.41) is 4.52. The first-order valence-corrected chi connectivity index (χ1v) is 6.53. The van der Waals surface area contributed by atoms with Crippen LogP contribution >= 0.6 is 0 Å². The molecule has 1 aliphatic carbocycles. The summed E-state index contributed by atoms with van der Waals surface area (Å²) in [6.45, 7) is 0. The molecule has 98 valence electrons. The van der Waals surface area contributed by atoms with E-state index in [-0.39, 0.29) is 5.91 Å². The number of benzene rings is 1. The van der Waals surface area contributed by atoms with E-state index in [1.165, 1.54) is 0 Å². The van der Waals surface area contributed by atoms with Crippen molar-refractivity contribution in [2.45, 2.75) is 24.7 Å². The topological polar surface area (TPSA) is 60.9 Å². The summed E-state index contributed by atoms with van der Waals surface area (Å²) in [6.07, 6.45) is 2.71. The summed E-state index contributed by atoms with van der Waals surface area (Å²) in [6, 6.07) is 12.0. The number of carbonyl (C=O) groups excluding carboxylic acids is 1. The van der Waals surface area contributed by atoms with Gasteiger partial charge in [-0.25, -0.2) is 0 Å². The number of aryl methyl sites for hydroxylation is 1. The molecule has 3 rings (SSSR count). The summed E-state index contributed by atoms with van der Waals surface area (Å²) < 4.78 is 1.80. The molecule has 4 heteroatoms. The molecule has 0 spiro atoms. The molecule has 19 heavy (non-hydrogen) atoms. The minimum Gasteiger partial charge on any atom is -0.369 e. The van der Waals surface area contributed by atoms with Gasteiger partial charge < -0.3 is 5.73 Å². The Morgan fingerprint density at radius 3 is 2.53 bits per heavy atom. The fourth-order valence-corrected chi connectivity index (χ4v) is 2.82. The molecule has 0 aliphatic heterocycles. The molecule has 0 saturated heterocycles. The highest BCUT2D eigenvalue weighted by Gasteiger charge is 2.46. The average Bonchev–Trinajstić information content (AvgIpc) is 2.71. The van der Waals surface area contributed by atoms with Gasteiger partial charge in [0.15, 0.2) is 0 Å². The van der Waals surface area contributed by atoms with Crippen LogP contribution in [-0.2, 0) is 17.3 Å². The number of carbonyl (C=O) groups is 1. The largest absolute Gasteiger partial charge is 0.369 e.